The number of benzene rings is 2. The van der Waals surface area contributed by atoms with Crippen molar-refractivity contribution in [3.8, 4) is 0 Å². The minimum atomic E-state index is -1.36. The second-order valence-corrected chi connectivity index (χ2v) is 5.70. The van der Waals surface area contributed by atoms with Crippen molar-refractivity contribution in [2.75, 3.05) is 5.32 Å². The van der Waals surface area contributed by atoms with Gasteiger partial charge < -0.3 is 15.4 Å². The topological polar surface area (TPSA) is 52.5 Å². The Kier molecular flexibility index (Phi) is 5.31. The van der Waals surface area contributed by atoms with Crippen LogP contribution in [0.15, 0.2) is 78.9 Å². The first-order chi connectivity index (χ1) is 11.7. The zero-order valence-electron chi connectivity index (χ0n) is 13.4. The summed E-state index contributed by atoms with van der Waals surface area (Å²) in [5.74, 6) is 0. The molecule has 0 fully saturated rings. The molecule has 0 saturated carbocycles. The maximum absolute atomic E-state index is 9.29. The van der Waals surface area contributed by atoms with Crippen LogP contribution in [0, 0.1) is 0 Å². The Balaban J connectivity index is 1.95. The smallest absolute Gasteiger partial charge is 0.427 e. The largest absolute Gasteiger partial charge is 0.456 e. The summed E-state index contributed by atoms with van der Waals surface area (Å²) < 4.78 is 0. The number of hydrogen-bond acceptors (Lipinski definition) is 3. The van der Waals surface area contributed by atoms with Crippen molar-refractivity contribution in [3.05, 3.63) is 90.0 Å². The van der Waals surface area contributed by atoms with Crippen LogP contribution in [-0.2, 0) is 6.32 Å². The van der Waals surface area contributed by atoms with Crippen molar-refractivity contribution < 1.29 is 10.0 Å². The number of hydrogen-bond donors (Lipinski definition) is 3. The molecule has 3 N–H and O–H groups in total. The molecular formula is C20H20BNO2. The summed E-state index contributed by atoms with van der Waals surface area (Å²) in [6.45, 7) is 0. The van der Waals surface area contributed by atoms with E-state index in [1.54, 1.807) is 0 Å². The lowest BCUT2D eigenvalue weighted by Crippen LogP contribution is -2.16. The molecule has 0 aromatic heterocycles. The van der Waals surface area contributed by atoms with E-state index in [0.29, 0.717) is 0 Å². The van der Waals surface area contributed by atoms with Crippen LogP contribution in [0.25, 0.3) is 5.57 Å². The summed E-state index contributed by atoms with van der Waals surface area (Å²) in [5, 5.41) is 22.0. The molecule has 0 bridgehead atoms. The fourth-order valence-corrected chi connectivity index (χ4v) is 2.76. The van der Waals surface area contributed by atoms with Gasteiger partial charge in [-0.25, -0.2) is 0 Å². The van der Waals surface area contributed by atoms with Gasteiger partial charge in [-0.2, -0.15) is 0 Å². The lowest BCUT2D eigenvalue weighted by Gasteiger charge is -2.16. The fraction of sp³-hybridized carbons (Fsp3) is 0.100. The average molecular weight is 317 g/mol. The highest BCUT2D eigenvalue weighted by molar-refractivity contribution is 6.40. The van der Waals surface area contributed by atoms with Crippen LogP contribution < -0.4 is 5.32 Å². The molecule has 0 unspecified atom stereocenters. The summed E-state index contributed by atoms with van der Waals surface area (Å²) in [4.78, 5) is 0. The third kappa shape index (κ3) is 4.04. The monoisotopic (exact) mass is 317 g/mol. The summed E-state index contributed by atoms with van der Waals surface area (Å²) in [6, 6.07) is 15.8. The molecule has 2 aromatic rings. The molecule has 4 heteroatoms. The molecule has 0 spiro atoms. The van der Waals surface area contributed by atoms with E-state index >= 15 is 0 Å². The summed E-state index contributed by atoms with van der Waals surface area (Å²) in [7, 11) is -1.36. The quantitative estimate of drug-likeness (QED) is 0.734. The van der Waals surface area contributed by atoms with E-state index in [1.165, 1.54) is 0 Å². The number of allylic oxidation sites excluding steroid dienone is 6. The molecule has 1 aliphatic rings. The van der Waals surface area contributed by atoms with Gasteiger partial charge in [0.05, 0.1) is 0 Å². The minimum Gasteiger partial charge on any atom is -0.427 e. The Morgan fingerprint density at radius 3 is 2.50 bits per heavy atom. The van der Waals surface area contributed by atoms with E-state index in [2.05, 4.69) is 41.8 Å². The molecule has 0 atom stereocenters. The lowest BCUT2D eigenvalue weighted by atomic mass is 9.81. The third-order valence-corrected chi connectivity index (χ3v) is 3.91. The summed E-state index contributed by atoms with van der Waals surface area (Å²) in [6.07, 6.45) is 11.7. The molecule has 1 aliphatic carbocycles. The van der Waals surface area contributed by atoms with Crippen molar-refractivity contribution in [1.29, 1.82) is 0 Å². The standard InChI is InChI=1S/C20H20BNO2/c23-21(24)15-17-11-5-7-13-19(17)22-20-14-8-6-12-18(20)16-9-3-1-2-4-10-16/h1,3-14,22-24H,2,15H2. The Morgan fingerprint density at radius 1 is 0.917 bits per heavy atom. The van der Waals surface area contributed by atoms with Crippen molar-refractivity contribution in [3.63, 3.8) is 0 Å². The molecule has 0 radical (unpaired) electrons. The molecule has 3 nitrogen and oxygen atoms in total. The third-order valence-electron chi connectivity index (χ3n) is 3.91. The molecule has 2 aromatic carbocycles. The normalized spacial score (nSPS) is 13.3. The second kappa shape index (κ2) is 7.82. The number of para-hydroxylation sites is 2. The Hall–Kier alpha value is -2.56. The van der Waals surface area contributed by atoms with Gasteiger partial charge in [-0.3, -0.25) is 0 Å². The number of nitrogens with one attached hydrogen (secondary N) is 1. The van der Waals surface area contributed by atoms with Crippen molar-refractivity contribution in [2.24, 2.45) is 0 Å². The summed E-state index contributed by atoms with van der Waals surface area (Å²) >= 11 is 0. The van der Waals surface area contributed by atoms with Crippen LogP contribution >= 0.6 is 0 Å². The number of anilines is 2. The van der Waals surface area contributed by atoms with Gasteiger partial charge >= 0.3 is 7.12 Å². The highest BCUT2D eigenvalue weighted by atomic mass is 16.4. The summed E-state index contributed by atoms with van der Waals surface area (Å²) in [5.41, 5.74) is 4.99. The first kappa shape index (κ1) is 16.3. The van der Waals surface area contributed by atoms with Crippen molar-refractivity contribution in [1.82, 2.24) is 0 Å². The predicted octanol–water partition coefficient (Wildman–Crippen LogP) is 3.88. The first-order valence-electron chi connectivity index (χ1n) is 8.08. The van der Waals surface area contributed by atoms with Crippen LogP contribution in [0.3, 0.4) is 0 Å². The van der Waals surface area contributed by atoms with Gasteiger partial charge in [0.15, 0.2) is 0 Å². The van der Waals surface area contributed by atoms with Gasteiger partial charge in [0.1, 0.15) is 0 Å². The van der Waals surface area contributed by atoms with Gasteiger partial charge in [0.25, 0.3) is 0 Å². The SMILES string of the molecule is OB(O)Cc1ccccc1Nc1ccccc1C1=CC=CCC=C1. The van der Waals surface area contributed by atoms with E-state index in [1.807, 2.05) is 42.5 Å². The highest BCUT2D eigenvalue weighted by Crippen LogP contribution is 2.30. The maximum atomic E-state index is 9.29. The molecule has 0 amide bonds. The molecule has 120 valence electrons. The average Bonchev–Trinajstić information content (AvgIpc) is 2.86. The molecule has 3 rings (SSSR count). The van der Waals surface area contributed by atoms with Gasteiger partial charge in [-0.05, 0) is 29.7 Å². The Morgan fingerprint density at radius 2 is 1.67 bits per heavy atom. The molecule has 0 aliphatic heterocycles. The van der Waals surface area contributed by atoms with Crippen LogP contribution in [0.4, 0.5) is 11.4 Å². The van der Waals surface area contributed by atoms with E-state index in [0.717, 1.165) is 34.5 Å². The van der Waals surface area contributed by atoms with Gasteiger partial charge in [-0.15, -0.1) is 0 Å². The number of rotatable bonds is 5. The highest BCUT2D eigenvalue weighted by Gasteiger charge is 2.13. The van der Waals surface area contributed by atoms with Crippen molar-refractivity contribution >= 4 is 24.1 Å². The predicted molar refractivity (Wildman–Crippen MR) is 101 cm³/mol. The lowest BCUT2D eigenvalue weighted by molar-refractivity contribution is 0.405. The second-order valence-electron chi connectivity index (χ2n) is 5.70. The van der Waals surface area contributed by atoms with Crippen LogP contribution in [-0.4, -0.2) is 17.2 Å². The van der Waals surface area contributed by atoms with Crippen molar-refractivity contribution in [2.45, 2.75) is 12.7 Å². The zero-order valence-corrected chi connectivity index (χ0v) is 13.4. The molecule has 24 heavy (non-hydrogen) atoms. The Bertz CT molecular complexity index is 794. The van der Waals surface area contributed by atoms with Gasteiger partial charge in [0.2, 0.25) is 0 Å². The van der Waals surface area contributed by atoms with E-state index in [4.69, 9.17) is 0 Å². The van der Waals surface area contributed by atoms with E-state index in [9.17, 15) is 10.0 Å². The van der Waals surface area contributed by atoms with Gasteiger partial charge in [0, 0.05) is 23.3 Å². The van der Waals surface area contributed by atoms with Crippen LogP contribution in [0.1, 0.15) is 17.5 Å². The van der Waals surface area contributed by atoms with Crippen LogP contribution in [0.5, 0.6) is 0 Å². The molecule has 0 saturated heterocycles. The molecule has 0 heterocycles. The zero-order chi connectivity index (χ0) is 16.8. The Labute approximate surface area is 142 Å². The van der Waals surface area contributed by atoms with Gasteiger partial charge in [-0.1, -0.05) is 66.8 Å². The maximum Gasteiger partial charge on any atom is 0.456 e. The fourth-order valence-electron chi connectivity index (χ4n) is 2.76. The minimum absolute atomic E-state index is 0.191. The van der Waals surface area contributed by atoms with Crippen LogP contribution in [0.2, 0.25) is 0 Å². The first-order valence-corrected chi connectivity index (χ1v) is 8.08. The molecular weight excluding hydrogens is 297 g/mol. The van der Waals surface area contributed by atoms with E-state index in [-0.39, 0.29) is 6.32 Å². The van der Waals surface area contributed by atoms with E-state index < -0.39 is 7.12 Å².